The van der Waals surface area contributed by atoms with Crippen molar-refractivity contribution in [3.05, 3.63) is 51.7 Å². The molecular weight excluding hydrogens is 330 g/mol. The number of anilines is 1. The van der Waals surface area contributed by atoms with E-state index in [1.807, 2.05) is 22.7 Å². The molecule has 1 atom stereocenters. The summed E-state index contributed by atoms with van der Waals surface area (Å²) < 4.78 is 3.08. The number of hydrogen-bond donors (Lipinski definition) is 0. The minimum absolute atomic E-state index is 0.224. The summed E-state index contributed by atoms with van der Waals surface area (Å²) >= 11 is 4.00. The minimum atomic E-state index is 0.224. The monoisotopic (exact) mass is 353 g/mol. The molecule has 5 rings (SSSR count). The number of fused-ring (bicyclic) bond motifs is 4. The fraction of sp³-hybridized carbons (Fsp3) is 0.429. The van der Waals surface area contributed by atoms with Crippen molar-refractivity contribution in [3.8, 4) is 0 Å². The van der Waals surface area contributed by atoms with Gasteiger partial charge < -0.3 is 4.90 Å². The van der Waals surface area contributed by atoms with Gasteiger partial charge in [-0.05, 0) is 49.8 Å². The summed E-state index contributed by atoms with van der Waals surface area (Å²) in [5, 5.41) is 2.28. The fourth-order valence-electron chi connectivity index (χ4n) is 5.09. The Morgan fingerprint density at radius 1 is 1.08 bits per heavy atom. The van der Waals surface area contributed by atoms with Crippen LogP contribution in [0.4, 0.5) is 5.69 Å². The highest BCUT2D eigenvalue weighted by Gasteiger charge is 2.51. The van der Waals surface area contributed by atoms with E-state index < -0.39 is 0 Å². The molecule has 1 spiro atoms. The quantitative estimate of drug-likeness (QED) is 0.454. The van der Waals surface area contributed by atoms with Crippen LogP contribution in [0.2, 0.25) is 0 Å². The molecule has 0 unspecified atom stereocenters. The molecule has 1 nitrogen and oxygen atoms in total. The smallest absolute Gasteiger partial charge is 0.0686 e. The predicted molar refractivity (Wildman–Crippen MR) is 107 cm³/mol. The third-order valence-electron chi connectivity index (χ3n) is 6.07. The van der Waals surface area contributed by atoms with Crippen LogP contribution in [0.1, 0.15) is 61.1 Å². The molecule has 0 N–H and O–H groups in total. The van der Waals surface area contributed by atoms with Crippen LogP contribution in [0.25, 0.3) is 9.40 Å². The number of thiophene rings is 2. The van der Waals surface area contributed by atoms with E-state index >= 15 is 0 Å². The Morgan fingerprint density at radius 2 is 1.88 bits per heavy atom. The molecule has 1 aliphatic heterocycles. The zero-order valence-corrected chi connectivity index (χ0v) is 16.0. The first kappa shape index (κ1) is 15.0. The maximum atomic E-state index is 2.79. The number of hydrogen-bond acceptors (Lipinski definition) is 3. The van der Waals surface area contributed by atoms with Gasteiger partial charge in [-0.25, -0.2) is 0 Å². The van der Waals surface area contributed by atoms with E-state index in [9.17, 15) is 0 Å². The summed E-state index contributed by atoms with van der Waals surface area (Å²) in [6.07, 6.45) is 6.73. The second-order valence-electron chi connectivity index (χ2n) is 7.38. The molecule has 0 bridgehead atoms. The molecule has 124 valence electrons. The van der Waals surface area contributed by atoms with E-state index in [0.29, 0.717) is 6.04 Å². The van der Waals surface area contributed by atoms with Crippen molar-refractivity contribution in [2.75, 3.05) is 4.90 Å². The van der Waals surface area contributed by atoms with Crippen LogP contribution < -0.4 is 4.90 Å². The molecule has 0 radical (unpaired) electrons. The van der Waals surface area contributed by atoms with Gasteiger partial charge in [0, 0.05) is 20.8 Å². The topological polar surface area (TPSA) is 3.24 Å². The summed E-state index contributed by atoms with van der Waals surface area (Å²) in [7, 11) is 0. The average molecular weight is 354 g/mol. The van der Waals surface area contributed by atoms with Crippen LogP contribution in [-0.4, -0.2) is 0 Å². The molecule has 0 saturated heterocycles. The predicted octanol–water partition coefficient (Wildman–Crippen LogP) is 7.01. The van der Waals surface area contributed by atoms with E-state index in [4.69, 9.17) is 0 Å². The first-order chi connectivity index (χ1) is 11.7. The molecule has 1 saturated carbocycles. The molecular formula is C21H23NS2. The van der Waals surface area contributed by atoms with E-state index in [1.165, 1.54) is 48.1 Å². The van der Waals surface area contributed by atoms with Gasteiger partial charge in [-0.15, -0.1) is 22.7 Å². The van der Waals surface area contributed by atoms with Crippen molar-refractivity contribution < 1.29 is 0 Å². The highest BCUT2D eigenvalue weighted by atomic mass is 32.1. The molecule has 1 aromatic carbocycles. The summed E-state index contributed by atoms with van der Waals surface area (Å²) in [5.74, 6) is 0. The second kappa shape index (κ2) is 5.34. The SMILES string of the molecule is Cc1ccccc1N1[C@@H](C)c2sc3ccsc3c2C12CCCCC2. The first-order valence-corrected chi connectivity index (χ1v) is 10.8. The van der Waals surface area contributed by atoms with Crippen LogP contribution in [0, 0.1) is 6.92 Å². The van der Waals surface area contributed by atoms with Crippen molar-refractivity contribution in [1.82, 2.24) is 0 Å². The Morgan fingerprint density at radius 3 is 2.67 bits per heavy atom. The Kier molecular flexibility index (Phi) is 3.33. The molecule has 1 fully saturated rings. The standard InChI is InChI=1S/C21H23NS2/c1-14-8-4-5-9-16(14)22-15(2)19-18(20-17(24-19)10-13-23-20)21(22)11-6-3-7-12-21/h4-5,8-10,13,15H,3,6-7,11-12H2,1-2H3/t15-/m0/s1. The average Bonchev–Trinajstić information content (AvgIpc) is 3.22. The molecule has 3 heterocycles. The van der Waals surface area contributed by atoms with Crippen molar-refractivity contribution in [1.29, 1.82) is 0 Å². The van der Waals surface area contributed by atoms with Crippen LogP contribution in [0.15, 0.2) is 35.7 Å². The van der Waals surface area contributed by atoms with Crippen LogP contribution in [0.3, 0.4) is 0 Å². The lowest BCUT2D eigenvalue weighted by Gasteiger charge is -2.46. The molecule has 2 aliphatic rings. The minimum Gasteiger partial charge on any atom is -0.354 e. The van der Waals surface area contributed by atoms with Gasteiger partial charge >= 0.3 is 0 Å². The summed E-state index contributed by atoms with van der Waals surface area (Å²) in [6.45, 7) is 4.69. The van der Waals surface area contributed by atoms with Crippen molar-refractivity contribution in [2.24, 2.45) is 0 Å². The molecule has 3 aromatic rings. The lowest BCUT2D eigenvalue weighted by atomic mass is 9.77. The third kappa shape index (κ3) is 1.86. The Hall–Kier alpha value is -1.32. The van der Waals surface area contributed by atoms with E-state index in [0.717, 1.165) is 0 Å². The van der Waals surface area contributed by atoms with Gasteiger partial charge in [0.25, 0.3) is 0 Å². The molecule has 2 aromatic heterocycles. The van der Waals surface area contributed by atoms with Gasteiger partial charge in [0.15, 0.2) is 0 Å². The van der Waals surface area contributed by atoms with Crippen LogP contribution >= 0.6 is 22.7 Å². The fourth-order valence-corrected chi connectivity index (χ4v) is 7.69. The molecule has 1 aliphatic carbocycles. The van der Waals surface area contributed by atoms with Crippen molar-refractivity contribution >= 4 is 37.8 Å². The summed E-state index contributed by atoms with van der Waals surface area (Å²) in [6, 6.07) is 11.8. The zero-order chi connectivity index (χ0) is 16.3. The number of benzene rings is 1. The third-order valence-corrected chi connectivity index (χ3v) is 8.46. The van der Waals surface area contributed by atoms with Gasteiger partial charge in [0.2, 0.25) is 0 Å². The maximum absolute atomic E-state index is 2.79. The molecule has 3 heteroatoms. The largest absolute Gasteiger partial charge is 0.354 e. The van der Waals surface area contributed by atoms with E-state index in [2.05, 4.69) is 54.5 Å². The van der Waals surface area contributed by atoms with Crippen LogP contribution in [-0.2, 0) is 5.54 Å². The van der Waals surface area contributed by atoms with Crippen molar-refractivity contribution in [3.63, 3.8) is 0 Å². The first-order valence-electron chi connectivity index (χ1n) is 9.08. The normalized spacial score (nSPS) is 22.4. The van der Waals surface area contributed by atoms with E-state index in [1.54, 1.807) is 15.1 Å². The lowest BCUT2D eigenvalue weighted by molar-refractivity contribution is 0.286. The van der Waals surface area contributed by atoms with Gasteiger partial charge in [0.05, 0.1) is 16.3 Å². The molecule has 24 heavy (non-hydrogen) atoms. The van der Waals surface area contributed by atoms with Gasteiger partial charge in [-0.3, -0.25) is 0 Å². The highest BCUT2D eigenvalue weighted by molar-refractivity contribution is 7.27. The second-order valence-corrected chi connectivity index (χ2v) is 9.38. The number of nitrogens with zero attached hydrogens (tertiary/aromatic N) is 1. The van der Waals surface area contributed by atoms with Crippen LogP contribution in [0.5, 0.6) is 0 Å². The Bertz CT molecular complexity index is 898. The maximum Gasteiger partial charge on any atom is 0.0686 e. The lowest BCUT2D eigenvalue weighted by Crippen LogP contribution is -2.44. The highest BCUT2D eigenvalue weighted by Crippen LogP contribution is 2.60. The Labute approximate surface area is 151 Å². The summed E-state index contributed by atoms with van der Waals surface area (Å²) in [5.41, 5.74) is 4.77. The van der Waals surface area contributed by atoms with Gasteiger partial charge in [0.1, 0.15) is 0 Å². The number of rotatable bonds is 1. The summed E-state index contributed by atoms with van der Waals surface area (Å²) in [4.78, 5) is 4.42. The number of aryl methyl sites for hydroxylation is 1. The van der Waals surface area contributed by atoms with Gasteiger partial charge in [-0.1, -0.05) is 37.5 Å². The molecule has 0 amide bonds. The van der Waals surface area contributed by atoms with Crippen molar-refractivity contribution in [2.45, 2.75) is 57.5 Å². The number of para-hydroxylation sites is 1. The Balaban J connectivity index is 1.78. The van der Waals surface area contributed by atoms with E-state index in [-0.39, 0.29) is 5.54 Å². The van der Waals surface area contributed by atoms with Gasteiger partial charge in [-0.2, -0.15) is 0 Å². The zero-order valence-electron chi connectivity index (χ0n) is 14.3.